The Morgan fingerprint density at radius 3 is 2.61 bits per heavy atom. The fourth-order valence-corrected chi connectivity index (χ4v) is 4.05. The smallest absolute Gasteiger partial charge is 0.270 e. The van der Waals surface area contributed by atoms with E-state index in [0.717, 1.165) is 22.0 Å². The lowest BCUT2D eigenvalue weighted by atomic mass is 10.0. The van der Waals surface area contributed by atoms with Gasteiger partial charge in [0.15, 0.2) is 5.11 Å². The zero-order valence-corrected chi connectivity index (χ0v) is 17.8. The van der Waals surface area contributed by atoms with Gasteiger partial charge >= 0.3 is 0 Å². The van der Waals surface area contributed by atoms with Gasteiger partial charge in [-0.2, -0.15) is 0 Å². The van der Waals surface area contributed by atoms with Crippen LogP contribution in [0, 0.1) is 13.8 Å². The van der Waals surface area contributed by atoms with Crippen LogP contribution in [0.1, 0.15) is 16.7 Å². The molecule has 1 aliphatic rings. The molecule has 8 heteroatoms. The number of hydrogen-bond donors (Lipinski definition) is 2. The molecule has 1 fully saturated rings. The second-order valence-electron chi connectivity index (χ2n) is 7.44. The first-order valence-corrected chi connectivity index (χ1v) is 10.0. The number of para-hydroxylation sites is 1. The van der Waals surface area contributed by atoms with Crippen LogP contribution >= 0.6 is 12.2 Å². The van der Waals surface area contributed by atoms with E-state index >= 15 is 0 Å². The Hall–Kier alpha value is -3.78. The third-order valence-electron chi connectivity index (χ3n) is 5.14. The maximum Gasteiger partial charge on any atom is 0.270 e. The Labute approximate surface area is 184 Å². The van der Waals surface area contributed by atoms with Crippen molar-refractivity contribution in [1.29, 1.82) is 0 Å². The van der Waals surface area contributed by atoms with E-state index in [0.29, 0.717) is 11.3 Å². The lowest BCUT2D eigenvalue weighted by Gasteiger charge is -2.30. The van der Waals surface area contributed by atoms with Gasteiger partial charge in [-0.05, 0) is 49.8 Å². The number of thiocarbonyl (C=S) groups is 1. The van der Waals surface area contributed by atoms with Gasteiger partial charge < -0.3 is 10.3 Å². The number of carbonyl (C=O) groups excluding carboxylic acids is 3. The van der Waals surface area contributed by atoms with Gasteiger partial charge in [-0.25, -0.2) is 0 Å². The topological polar surface area (TPSA) is 97.4 Å². The lowest BCUT2D eigenvalue weighted by Crippen LogP contribution is -2.54. The highest BCUT2D eigenvalue weighted by Crippen LogP contribution is 2.28. The molecule has 3 amide bonds. The average molecular weight is 433 g/mol. The van der Waals surface area contributed by atoms with E-state index in [1.165, 1.54) is 11.0 Å². The summed E-state index contributed by atoms with van der Waals surface area (Å²) in [6.07, 6.45) is 3.23. The number of amides is 3. The molecule has 31 heavy (non-hydrogen) atoms. The van der Waals surface area contributed by atoms with Crippen molar-refractivity contribution in [3.05, 3.63) is 70.9 Å². The number of nitrogens with two attached hydrogens (primary N) is 1. The van der Waals surface area contributed by atoms with Crippen LogP contribution < -0.4 is 16.0 Å². The van der Waals surface area contributed by atoms with Crippen LogP contribution in [0.3, 0.4) is 0 Å². The lowest BCUT2D eigenvalue weighted by molar-refractivity contribution is -0.122. The number of nitrogens with one attached hydrogen (secondary N) is 1. The molecular weight excluding hydrogens is 412 g/mol. The Balaban J connectivity index is 1.82. The van der Waals surface area contributed by atoms with E-state index in [1.54, 1.807) is 10.8 Å². The summed E-state index contributed by atoms with van der Waals surface area (Å²) in [5.41, 5.74) is 9.25. The zero-order chi connectivity index (χ0) is 22.3. The number of aromatic nitrogens is 1. The summed E-state index contributed by atoms with van der Waals surface area (Å²) in [4.78, 5) is 38.8. The average Bonchev–Trinajstić information content (AvgIpc) is 3.03. The van der Waals surface area contributed by atoms with E-state index in [-0.39, 0.29) is 17.2 Å². The van der Waals surface area contributed by atoms with Gasteiger partial charge in [-0.15, -0.1) is 0 Å². The molecule has 7 nitrogen and oxygen atoms in total. The van der Waals surface area contributed by atoms with Crippen LogP contribution in [0.4, 0.5) is 5.69 Å². The van der Waals surface area contributed by atoms with Crippen LogP contribution in [0.5, 0.6) is 0 Å². The zero-order valence-electron chi connectivity index (χ0n) is 17.0. The number of primary amides is 1. The number of fused-ring (bicyclic) bond motifs is 1. The summed E-state index contributed by atoms with van der Waals surface area (Å²) in [6.45, 7) is 3.83. The molecule has 0 aliphatic carbocycles. The highest BCUT2D eigenvalue weighted by atomic mass is 32.1. The molecule has 0 bridgehead atoms. The molecule has 0 spiro atoms. The first kappa shape index (κ1) is 20.5. The second-order valence-corrected chi connectivity index (χ2v) is 7.83. The molecule has 0 atom stereocenters. The van der Waals surface area contributed by atoms with E-state index in [4.69, 9.17) is 18.0 Å². The maximum absolute atomic E-state index is 13.3. The standard InChI is InChI=1S/C23H20N4O3S/c1-13-7-8-18(14(2)9-13)27-22(30)17(21(29)25-23(27)31)10-15-11-26(12-20(24)28)19-6-4-3-5-16(15)19/h3-11H,12H2,1-2H3,(H2,24,28)(H,25,29,31)/b17-10+. The fourth-order valence-electron chi connectivity index (χ4n) is 3.78. The minimum absolute atomic E-state index is 0.0113. The van der Waals surface area contributed by atoms with Crippen molar-refractivity contribution >= 4 is 57.7 Å². The molecule has 0 unspecified atom stereocenters. The SMILES string of the molecule is Cc1ccc(N2C(=O)/C(=C/c3cn(CC(N)=O)c4ccccc34)C(=O)NC2=S)c(C)c1. The number of anilines is 1. The highest BCUT2D eigenvalue weighted by molar-refractivity contribution is 7.80. The van der Waals surface area contributed by atoms with Gasteiger partial charge in [0.1, 0.15) is 12.1 Å². The minimum atomic E-state index is -0.567. The molecule has 3 N–H and O–H groups in total. The number of carbonyl (C=O) groups is 3. The van der Waals surface area contributed by atoms with Crippen LogP contribution in [0.25, 0.3) is 17.0 Å². The third-order valence-corrected chi connectivity index (χ3v) is 5.42. The quantitative estimate of drug-likeness (QED) is 0.376. The van der Waals surface area contributed by atoms with Gasteiger partial charge in [0, 0.05) is 22.7 Å². The Bertz CT molecular complexity index is 1310. The number of nitrogens with zero attached hydrogens (tertiary/aromatic N) is 2. The maximum atomic E-state index is 13.3. The number of benzene rings is 2. The van der Waals surface area contributed by atoms with E-state index in [2.05, 4.69) is 5.32 Å². The predicted octanol–water partition coefficient (Wildman–Crippen LogP) is 2.57. The predicted molar refractivity (Wildman–Crippen MR) is 123 cm³/mol. The van der Waals surface area contributed by atoms with E-state index in [9.17, 15) is 14.4 Å². The summed E-state index contributed by atoms with van der Waals surface area (Å²) in [5.74, 6) is -1.56. The van der Waals surface area contributed by atoms with E-state index < -0.39 is 17.7 Å². The number of aryl methyl sites for hydroxylation is 2. The Kier molecular flexibility index (Phi) is 5.16. The summed E-state index contributed by atoms with van der Waals surface area (Å²) < 4.78 is 1.70. The van der Waals surface area contributed by atoms with Crippen LogP contribution in [0.15, 0.2) is 54.2 Å². The molecule has 1 aromatic heterocycles. The van der Waals surface area contributed by atoms with Crippen molar-refractivity contribution in [2.45, 2.75) is 20.4 Å². The fraction of sp³-hybridized carbons (Fsp3) is 0.130. The molecular formula is C23H20N4O3S. The summed E-state index contributed by atoms with van der Waals surface area (Å²) in [7, 11) is 0. The van der Waals surface area contributed by atoms with Crippen molar-refractivity contribution in [1.82, 2.24) is 9.88 Å². The van der Waals surface area contributed by atoms with Crippen molar-refractivity contribution in [3.8, 4) is 0 Å². The van der Waals surface area contributed by atoms with Gasteiger partial charge in [-0.1, -0.05) is 35.9 Å². The molecule has 156 valence electrons. The number of hydrogen-bond acceptors (Lipinski definition) is 4. The first-order valence-electron chi connectivity index (χ1n) is 9.61. The molecule has 0 radical (unpaired) electrons. The van der Waals surface area contributed by atoms with Gasteiger partial charge in [0.05, 0.1) is 5.69 Å². The van der Waals surface area contributed by atoms with Crippen LogP contribution in [-0.4, -0.2) is 27.4 Å². The minimum Gasteiger partial charge on any atom is -0.368 e. The van der Waals surface area contributed by atoms with Crippen LogP contribution in [0.2, 0.25) is 0 Å². The largest absolute Gasteiger partial charge is 0.368 e. The molecule has 1 saturated heterocycles. The molecule has 2 heterocycles. The van der Waals surface area contributed by atoms with Crippen molar-refractivity contribution < 1.29 is 14.4 Å². The van der Waals surface area contributed by atoms with Crippen molar-refractivity contribution in [3.63, 3.8) is 0 Å². The third kappa shape index (κ3) is 3.73. The molecule has 0 saturated carbocycles. The summed E-state index contributed by atoms with van der Waals surface area (Å²) >= 11 is 5.29. The Morgan fingerprint density at radius 2 is 1.90 bits per heavy atom. The first-order chi connectivity index (χ1) is 14.8. The molecule has 1 aliphatic heterocycles. The summed E-state index contributed by atoms with van der Waals surface area (Å²) in [6, 6.07) is 13.0. The van der Waals surface area contributed by atoms with Gasteiger partial charge in [0.2, 0.25) is 5.91 Å². The summed E-state index contributed by atoms with van der Waals surface area (Å²) in [5, 5.41) is 3.44. The molecule has 4 rings (SSSR count). The van der Waals surface area contributed by atoms with Crippen LogP contribution in [-0.2, 0) is 20.9 Å². The highest BCUT2D eigenvalue weighted by Gasteiger charge is 2.35. The van der Waals surface area contributed by atoms with Gasteiger partial charge in [-0.3, -0.25) is 24.6 Å². The molecule has 3 aromatic rings. The second kappa shape index (κ2) is 7.81. The van der Waals surface area contributed by atoms with Gasteiger partial charge in [0.25, 0.3) is 11.8 Å². The monoisotopic (exact) mass is 432 g/mol. The van der Waals surface area contributed by atoms with E-state index in [1.807, 2.05) is 56.3 Å². The van der Waals surface area contributed by atoms with Crippen molar-refractivity contribution in [2.24, 2.45) is 5.73 Å². The number of rotatable bonds is 4. The Morgan fingerprint density at radius 1 is 1.16 bits per heavy atom. The van der Waals surface area contributed by atoms with Crippen molar-refractivity contribution in [2.75, 3.05) is 4.90 Å². The molecule has 2 aromatic carbocycles. The normalized spacial score (nSPS) is 15.6.